The molecule has 2 atom stereocenters. The molecule has 1 fully saturated rings. The Hall–Kier alpha value is -2.12. The predicted octanol–water partition coefficient (Wildman–Crippen LogP) is 2.67. The highest BCUT2D eigenvalue weighted by molar-refractivity contribution is 6.36. The van der Waals surface area contributed by atoms with Crippen molar-refractivity contribution >= 4 is 29.1 Å². The fraction of sp³-hybridized carbons (Fsp3) is 0.267. The van der Waals surface area contributed by atoms with E-state index < -0.39 is 0 Å². The van der Waals surface area contributed by atoms with Gasteiger partial charge in [-0.2, -0.15) is 5.26 Å². The van der Waals surface area contributed by atoms with Crippen molar-refractivity contribution in [1.29, 1.82) is 5.26 Å². The van der Waals surface area contributed by atoms with Gasteiger partial charge >= 0.3 is 0 Å². The van der Waals surface area contributed by atoms with Crippen LogP contribution >= 0.6 is 11.6 Å². The predicted molar refractivity (Wildman–Crippen MR) is 74.0 cm³/mol. The van der Waals surface area contributed by atoms with Crippen molar-refractivity contribution in [3.05, 3.63) is 40.9 Å². The summed E-state index contributed by atoms with van der Waals surface area (Å²) in [4.78, 5) is 26.0. The van der Waals surface area contributed by atoms with Gasteiger partial charge in [-0.05, 0) is 31.0 Å². The minimum atomic E-state index is -0.279. The van der Waals surface area contributed by atoms with Crippen LogP contribution in [0.3, 0.4) is 0 Å². The van der Waals surface area contributed by atoms with Crippen LogP contribution in [0.5, 0.6) is 0 Å². The van der Waals surface area contributed by atoms with Crippen molar-refractivity contribution in [2.24, 2.45) is 11.8 Å². The number of imide groups is 1. The highest BCUT2D eigenvalue weighted by atomic mass is 35.5. The number of nitrogens with zero attached hydrogens (tertiary/aromatic N) is 2. The fourth-order valence-corrected chi connectivity index (χ4v) is 3.06. The Kier molecular flexibility index (Phi) is 3.07. The second-order valence-electron chi connectivity index (χ2n) is 4.95. The molecule has 100 valence electrons. The van der Waals surface area contributed by atoms with E-state index in [1.807, 2.05) is 18.2 Å². The molecule has 2 amide bonds. The number of carbonyl (C=O) groups excluding carboxylic acids is 2. The molecule has 2 aliphatic rings. The van der Waals surface area contributed by atoms with E-state index in [0.29, 0.717) is 24.1 Å². The number of allylic oxidation sites excluding steroid dienone is 2. The van der Waals surface area contributed by atoms with Crippen molar-refractivity contribution in [1.82, 2.24) is 0 Å². The molecule has 0 aromatic heterocycles. The molecular formula is C15H11ClN2O2. The molecule has 20 heavy (non-hydrogen) atoms. The van der Waals surface area contributed by atoms with Crippen molar-refractivity contribution in [2.75, 3.05) is 4.90 Å². The fourth-order valence-electron chi connectivity index (χ4n) is 2.80. The number of benzene rings is 1. The number of anilines is 1. The van der Waals surface area contributed by atoms with Crippen molar-refractivity contribution in [3.8, 4) is 6.07 Å². The van der Waals surface area contributed by atoms with Gasteiger partial charge in [0.1, 0.15) is 0 Å². The highest BCUT2D eigenvalue weighted by Gasteiger charge is 2.48. The van der Waals surface area contributed by atoms with E-state index in [0.717, 1.165) is 0 Å². The van der Waals surface area contributed by atoms with Gasteiger partial charge < -0.3 is 0 Å². The number of amides is 2. The standard InChI is InChI=1S/C15H11ClN2O2/c16-12-7-9(8-17)5-6-13(12)18-14(19)10-3-1-2-4-11(10)15(18)20/h1-2,5-7,10-11H,3-4H2. The number of nitriles is 1. The third-order valence-corrected chi connectivity index (χ3v) is 4.13. The van der Waals surface area contributed by atoms with Crippen LogP contribution in [0.4, 0.5) is 5.69 Å². The summed E-state index contributed by atoms with van der Waals surface area (Å²) in [5.74, 6) is -0.953. The Morgan fingerprint density at radius 1 is 1.15 bits per heavy atom. The van der Waals surface area contributed by atoms with E-state index >= 15 is 0 Å². The molecule has 0 N–H and O–H groups in total. The maximum Gasteiger partial charge on any atom is 0.238 e. The summed E-state index contributed by atoms with van der Waals surface area (Å²) in [6.07, 6.45) is 5.08. The molecule has 4 nitrogen and oxygen atoms in total. The lowest BCUT2D eigenvalue weighted by atomic mass is 9.85. The maximum atomic E-state index is 12.4. The summed E-state index contributed by atoms with van der Waals surface area (Å²) in [6, 6.07) is 6.56. The zero-order valence-electron chi connectivity index (χ0n) is 10.5. The van der Waals surface area contributed by atoms with Crippen molar-refractivity contribution < 1.29 is 9.59 Å². The zero-order chi connectivity index (χ0) is 14.3. The van der Waals surface area contributed by atoms with E-state index in [1.165, 1.54) is 11.0 Å². The molecule has 3 rings (SSSR count). The first-order valence-corrected chi connectivity index (χ1v) is 6.73. The summed E-state index contributed by atoms with van der Waals surface area (Å²) in [6.45, 7) is 0. The van der Waals surface area contributed by atoms with Gasteiger partial charge in [0.05, 0.1) is 34.2 Å². The lowest BCUT2D eigenvalue weighted by Crippen LogP contribution is -2.31. The SMILES string of the molecule is N#Cc1ccc(N2C(=O)C3CC=CCC3C2=O)c(Cl)c1. The van der Waals surface area contributed by atoms with Gasteiger partial charge in [0.15, 0.2) is 0 Å². The second kappa shape index (κ2) is 4.77. The normalized spacial score (nSPS) is 24.7. The van der Waals surface area contributed by atoms with Gasteiger partial charge in [-0.1, -0.05) is 23.8 Å². The van der Waals surface area contributed by atoms with Crippen LogP contribution in [0.1, 0.15) is 18.4 Å². The van der Waals surface area contributed by atoms with E-state index in [2.05, 4.69) is 0 Å². The minimum absolute atomic E-state index is 0.198. The molecule has 0 saturated carbocycles. The maximum absolute atomic E-state index is 12.4. The van der Waals surface area contributed by atoms with Gasteiger partial charge in [-0.15, -0.1) is 0 Å². The largest absolute Gasteiger partial charge is 0.274 e. The third kappa shape index (κ3) is 1.83. The monoisotopic (exact) mass is 286 g/mol. The number of halogens is 1. The number of hydrogen-bond acceptors (Lipinski definition) is 3. The Labute approximate surface area is 121 Å². The molecule has 5 heteroatoms. The van der Waals surface area contributed by atoms with E-state index in [4.69, 9.17) is 16.9 Å². The van der Waals surface area contributed by atoms with Crippen molar-refractivity contribution in [2.45, 2.75) is 12.8 Å². The van der Waals surface area contributed by atoms with Gasteiger partial charge in [-0.3, -0.25) is 9.59 Å². The van der Waals surface area contributed by atoms with E-state index in [-0.39, 0.29) is 28.7 Å². The second-order valence-corrected chi connectivity index (χ2v) is 5.35. The Bertz CT molecular complexity index is 649. The number of hydrogen-bond donors (Lipinski definition) is 0. The number of rotatable bonds is 1. The average molecular weight is 287 g/mol. The highest BCUT2D eigenvalue weighted by Crippen LogP contribution is 2.39. The summed E-state index contributed by atoms with van der Waals surface area (Å²) in [5, 5.41) is 9.07. The lowest BCUT2D eigenvalue weighted by molar-refractivity contribution is -0.122. The Morgan fingerprint density at radius 3 is 2.25 bits per heavy atom. The van der Waals surface area contributed by atoms with E-state index in [1.54, 1.807) is 12.1 Å². The Morgan fingerprint density at radius 2 is 1.75 bits per heavy atom. The summed E-state index contributed by atoms with van der Waals surface area (Å²) < 4.78 is 0. The average Bonchev–Trinajstić information content (AvgIpc) is 2.72. The zero-order valence-corrected chi connectivity index (χ0v) is 11.3. The topological polar surface area (TPSA) is 61.2 Å². The molecular weight excluding hydrogens is 276 g/mol. The summed E-state index contributed by atoms with van der Waals surface area (Å²) >= 11 is 6.10. The molecule has 1 heterocycles. The molecule has 0 bridgehead atoms. The lowest BCUT2D eigenvalue weighted by Gasteiger charge is -2.16. The van der Waals surface area contributed by atoms with Crippen LogP contribution < -0.4 is 4.90 Å². The third-order valence-electron chi connectivity index (χ3n) is 3.83. The van der Waals surface area contributed by atoms with Gasteiger partial charge in [0, 0.05) is 0 Å². The van der Waals surface area contributed by atoms with Crippen LogP contribution in [0.15, 0.2) is 30.4 Å². The van der Waals surface area contributed by atoms with Crippen LogP contribution in [0, 0.1) is 23.2 Å². The van der Waals surface area contributed by atoms with Crippen LogP contribution in [0.2, 0.25) is 5.02 Å². The van der Waals surface area contributed by atoms with Gasteiger partial charge in [0.2, 0.25) is 11.8 Å². The molecule has 2 unspecified atom stereocenters. The molecule has 0 radical (unpaired) electrons. The van der Waals surface area contributed by atoms with Gasteiger partial charge in [-0.25, -0.2) is 4.90 Å². The summed E-state index contributed by atoms with van der Waals surface area (Å²) in [5.41, 5.74) is 0.770. The van der Waals surface area contributed by atoms with Crippen LogP contribution in [-0.4, -0.2) is 11.8 Å². The molecule has 1 aliphatic heterocycles. The van der Waals surface area contributed by atoms with Gasteiger partial charge in [0.25, 0.3) is 0 Å². The molecule has 1 aromatic rings. The first kappa shape index (κ1) is 12.9. The minimum Gasteiger partial charge on any atom is -0.274 e. The molecule has 1 aliphatic carbocycles. The first-order valence-electron chi connectivity index (χ1n) is 6.36. The van der Waals surface area contributed by atoms with Crippen LogP contribution in [0.25, 0.3) is 0 Å². The number of carbonyl (C=O) groups is 2. The smallest absolute Gasteiger partial charge is 0.238 e. The Balaban J connectivity index is 2.01. The summed E-state index contributed by atoms with van der Waals surface area (Å²) in [7, 11) is 0. The molecule has 0 spiro atoms. The first-order chi connectivity index (χ1) is 9.63. The molecule has 1 aromatic carbocycles. The van der Waals surface area contributed by atoms with Crippen LogP contribution in [-0.2, 0) is 9.59 Å². The number of fused-ring (bicyclic) bond motifs is 1. The molecule has 1 saturated heterocycles. The quantitative estimate of drug-likeness (QED) is 0.589. The van der Waals surface area contributed by atoms with E-state index in [9.17, 15) is 9.59 Å². The van der Waals surface area contributed by atoms with Crippen molar-refractivity contribution in [3.63, 3.8) is 0 Å².